The third kappa shape index (κ3) is 4.08. The van der Waals surface area contributed by atoms with E-state index in [1.54, 1.807) is 18.2 Å². The molecule has 0 unspecified atom stereocenters. The van der Waals surface area contributed by atoms with Crippen LogP contribution < -0.4 is 5.56 Å². The number of nitrogens with zero attached hydrogens (tertiary/aromatic N) is 1. The summed E-state index contributed by atoms with van der Waals surface area (Å²) in [5.74, 6) is 0.160. The van der Waals surface area contributed by atoms with Gasteiger partial charge in [-0.25, -0.2) is 4.98 Å². The number of nitrogens with one attached hydrogen (secondary N) is 1. The number of esters is 1. The fourth-order valence-electron chi connectivity index (χ4n) is 2.29. The molecule has 24 heavy (non-hydrogen) atoms. The first kappa shape index (κ1) is 16.4. The molecule has 0 saturated heterocycles. The van der Waals surface area contributed by atoms with E-state index in [-0.39, 0.29) is 24.6 Å². The van der Waals surface area contributed by atoms with Crippen LogP contribution in [-0.2, 0) is 22.6 Å². The third-order valence-electron chi connectivity index (χ3n) is 3.54. The number of hydrogen-bond acceptors (Lipinski definition) is 4. The van der Waals surface area contributed by atoms with Crippen molar-refractivity contribution in [2.24, 2.45) is 0 Å². The number of fused-ring (bicyclic) bond motifs is 1. The number of ether oxygens (including phenoxy) is 1. The lowest BCUT2D eigenvalue weighted by Gasteiger charge is -2.06. The first-order chi connectivity index (χ1) is 11.6. The van der Waals surface area contributed by atoms with Gasteiger partial charge in [0.05, 0.1) is 17.3 Å². The molecule has 0 aliphatic carbocycles. The Balaban J connectivity index is 1.58. The van der Waals surface area contributed by atoms with E-state index in [0.29, 0.717) is 23.1 Å². The highest BCUT2D eigenvalue weighted by molar-refractivity contribution is 9.10. The van der Waals surface area contributed by atoms with Gasteiger partial charge in [-0.3, -0.25) is 9.59 Å². The Morgan fingerprint density at radius 1 is 1.12 bits per heavy atom. The van der Waals surface area contributed by atoms with Gasteiger partial charge in [0.1, 0.15) is 12.4 Å². The van der Waals surface area contributed by atoms with Crippen LogP contribution in [0.15, 0.2) is 57.8 Å². The van der Waals surface area contributed by atoms with E-state index in [1.165, 1.54) is 0 Å². The van der Waals surface area contributed by atoms with Crippen LogP contribution in [0.5, 0.6) is 0 Å². The number of carbonyl (C=O) groups excluding carboxylic acids is 1. The molecule has 1 aromatic heterocycles. The maximum Gasteiger partial charge on any atom is 0.306 e. The molecule has 0 bridgehead atoms. The Morgan fingerprint density at radius 2 is 1.88 bits per heavy atom. The average Bonchev–Trinajstić information content (AvgIpc) is 2.59. The normalized spacial score (nSPS) is 10.7. The van der Waals surface area contributed by atoms with E-state index >= 15 is 0 Å². The number of halogens is 1. The minimum Gasteiger partial charge on any atom is -0.461 e. The molecule has 3 aromatic rings. The molecule has 5 nitrogen and oxygen atoms in total. The number of benzene rings is 2. The molecule has 0 radical (unpaired) electrons. The topological polar surface area (TPSA) is 72.0 Å². The molecule has 1 N–H and O–H groups in total. The number of carbonyl (C=O) groups is 1. The number of aromatic amines is 1. The minimum absolute atomic E-state index is 0.164. The van der Waals surface area contributed by atoms with Gasteiger partial charge in [-0.2, -0.15) is 0 Å². The van der Waals surface area contributed by atoms with Gasteiger partial charge in [0.25, 0.3) is 5.56 Å². The minimum atomic E-state index is -0.325. The zero-order valence-electron chi connectivity index (χ0n) is 12.8. The predicted molar refractivity (Wildman–Crippen MR) is 94.6 cm³/mol. The lowest BCUT2D eigenvalue weighted by Crippen LogP contribution is -2.13. The molecule has 6 heteroatoms. The number of aryl methyl sites for hydroxylation is 1. The van der Waals surface area contributed by atoms with E-state index < -0.39 is 0 Å². The summed E-state index contributed by atoms with van der Waals surface area (Å²) in [6.45, 7) is 0.230. The van der Waals surface area contributed by atoms with Crippen molar-refractivity contribution in [3.63, 3.8) is 0 Å². The van der Waals surface area contributed by atoms with E-state index in [9.17, 15) is 9.59 Å². The molecule has 0 saturated carbocycles. The van der Waals surface area contributed by atoms with Crippen molar-refractivity contribution < 1.29 is 9.53 Å². The Kier molecular flexibility index (Phi) is 5.05. The van der Waals surface area contributed by atoms with Gasteiger partial charge in [0.15, 0.2) is 0 Å². The van der Waals surface area contributed by atoms with E-state index in [1.807, 2.05) is 30.3 Å². The summed E-state index contributed by atoms with van der Waals surface area (Å²) in [5, 5.41) is 0.541. The number of aromatic nitrogens is 2. The fourth-order valence-corrected chi connectivity index (χ4v) is 2.55. The summed E-state index contributed by atoms with van der Waals surface area (Å²) in [6, 6.07) is 14.7. The standard InChI is InChI=1S/C18H15BrN2O3/c19-13-7-5-12(6-8-13)11-24-17(22)10-9-16-20-15-4-2-1-3-14(15)18(23)21-16/h1-8H,9-11H2,(H,20,21,23). The van der Waals surface area contributed by atoms with Crippen LogP contribution in [0.4, 0.5) is 0 Å². The highest BCUT2D eigenvalue weighted by atomic mass is 79.9. The zero-order valence-corrected chi connectivity index (χ0v) is 14.4. The Morgan fingerprint density at radius 3 is 2.67 bits per heavy atom. The second-order valence-corrected chi connectivity index (χ2v) is 6.23. The van der Waals surface area contributed by atoms with Crippen molar-refractivity contribution in [1.82, 2.24) is 9.97 Å². The first-order valence-corrected chi connectivity index (χ1v) is 8.29. The van der Waals surface area contributed by atoms with Crippen LogP contribution in [0.25, 0.3) is 10.9 Å². The Labute approximate surface area is 146 Å². The van der Waals surface area contributed by atoms with Crippen molar-refractivity contribution in [1.29, 1.82) is 0 Å². The maximum absolute atomic E-state index is 12.0. The van der Waals surface area contributed by atoms with Gasteiger partial charge in [0, 0.05) is 10.9 Å². The fraction of sp³-hybridized carbons (Fsp3) is 0.167. The number of hydrogen-bond donors (Lipinski definition) is 1. The van der Waals surface area contributed by atoms with Gasteiger partial charge in [-0.1, -0.05) is 40.2 Å². The molecule has 1 heterocycles. The summed E-state index contributed by atoms with van der Waals surface area (Å²) in [4.78, 5) is 30.9. The van der Waals surface area contributed by atoms with E-state index in [0.717, 1.165) is 10.0 Å². The predicted octanol–water partition coefficient (Wildman–Crippen LogP) is 3.36. The van der Waals surface area contributed by atoms with Crippen LogP contribution in [0.3, 0.4) is 0 Å². The van der Waals surface area contributed by atoms with Gasteiger partial charge < -0.3 is 9.72 Å². The quantitative estimate of drug-likeness (QED) is 0.682. The summed E-state index contributed by atoms with van der Waals surface area (Å²) >= 11 is 3.36. The van der Waals surface area contributed by atoms with Crippen LogP contribution in [0, 0.1) is 0 Å². The molecule has 0 spiro atoms. The second-order valence-electron chi connectivity index (χ2n) is 5.32. The molecule has 0 aliphatic rings. The van der Waals surface area contributed by atoms with Crippen molar-refractivity contribution >= 4 is 32.8 Å². The summed E-state index contributed by atoms with van der Waals surface area (Å²) < 4.78 is 6.21. The molecule has 2 aromatic carbocycles. The van der Waals surface area contributed by atoms with Gasteiger partial charge in [0.2, 0.25) is 0 Å². The van der Waals surface area contributed by atoms with E-state index in [2.05, 4.69) is 25.9 Å². The van der Waals surface area contributed by atoms with Gasteiger partial charge in [-0.05, 0) is 29.8 Å². The van der Waals surface area contributed by atoms with Crippen LogP contribution in [-0.4, -0.2) is 15.9 Å². The van der Waals surface area contributed by atoms with Crippen molar-refractivity contribution in [2.45, 2.75) is 19.4 Å². The Hall–Kier alpha value is -2.47. The average molecular weight is 387 g/mol. The van der Waals surface area contributed by atoms with Crippen LogP contribution in [0.1, 0.15) is 17.8 Å². The van der Waals surface area contributed by atoms with Crippen LogP contribution in [0.2, 0.25) is 0 Å². The van der Waals surface area contributed by atoms with E-state index in [4.69, 9.17) is 4.74 Å². The zero-order chi connectivity index (χ0) is 16.9. The highest BCUT2D eigenvalue weighted by Gasteiger charge is 2.08. The summed E-state index contributed by atoms with van der Waals surface area (Å²) in [6.07, 6.45) is 0.497. The SMILES string of the molecule is O=C(CCc1nc2ccccc2c(=O)[nH]1)OCc1ccc(Br)cc1. The molecular weight excluding hydrogens is 372 g/mol. The molecule has 0 atom stereocenters. The second kappa shape index (κ2) is 7.40. The number of para-hydroxylation sites is 1. The molecule has 0 fully saturated rings. The smallest absolute Gasteiger partial charge is 0.306 e. The maximum atomic E-state index is 12.0. The lowest BCUT2D eigenvalue weighted by molar-refractivity contribution is -0.144. The Bertz CT molecular complexity index is 919. The summed E-state index contributed by atoms with van der Waals surface area (Å²) in [5.41, 5.74) is 1.35. The monoisotopic (exact) mass is 386 g/mol. The summed E-state index contributed by atoms with van der Waals surface area (Å²) in [7, 11) is 0. The van der Waals surface area contributed by atoms with Crippen molar-refractivity contribution in [2.75, 3.05) is 0 Å². The third-order valence-corrected chi connectivity index (χ3v) is 4.07. The molecule has 0 aliphatic heterocycles. The van der Waals surface area contributed by atoms with Crippen molar-refractivity contribution in [3.8, 4) is 0 Å². The van der Waals surface area contributed by atoms with Gasteiger partial charge in [-0.15, -0.1) is 0 Å². The largest absolute Gasteiger partial charge is 0.461 e. The molecule has 0 amide bonds. The van der Waals surface area contributed by atoms with Crippen LogP contribution >= 0.6 is 15.9 Å². The number of rotatable bonds is 5. The molecule has 122 valence electrons. The lowest BCUT2D eigenvalue weighted by atomic mass is 10.2. The first-order valence-electron chi connectivity index (χ1n) is 7.50. The molecule has 3 rings (SSSR count). The highest BCUT2D eigenvalue weighted by Crippen LogP contribution is 2.12. The molecular formula is C18H15BrN2O3. The van der Waals surface area contributed by atoms with Crippen molar-refractivity contribution in [3.05, 3.63) is 74.7 Å². The number of H-pyrrole nitrogens is 1. The van der Waals surface area contributed by atoms with Gasteiger partial charge >= 0.3 is 5.97 Å².